The first-order valence-electron chi connectivity index (χ1n) is 5.24. The smallest absolute Gasteiger partial charge is 0.142 e. The summed E-state index contributed by atoms with van der Waals surface area (Å²) in [5.41, 5.74) is 7.76. The molecule has 0 bridgehead atoms. The molecule has 0 aliphatic heterocycles. The van der Waals surface area contributed by atoms with E-state index in [9.17, 15) is 0 Å². The number of ether oxygens (including phenoxy) is 1. The van der Waals surface area contributed by atoms with Gasteiger partial charge in [0.2, 0.25) is 0 Å². The third kappa shape index (κ3) is 2.41. The van der Waals surface area contributed by atoms with Gasteiger partial charge in [0.05, 0.1) is 12.3 Å². The number of benzene rings is 1. The summed E-state index contributed by atoms with van der Waals surface area (Å²) in [5.74, 6) is 1.75. The van der Waals surface area contributed by atoms with E-state index in [1.54, 1.807) is 0 Å². The highest BCUT2D eigenvalue weighted by atomic mass is 16.5. The van der Waals surface area contributed by atoms with E-state index in [0.29, 0.717) is 0 Å². The average Bonchev–Trinajstić information content (AvgIpc) is 2.92. The Morgan fingerprint density at radius 3 is 2.86 bits per heavy atom. The SMILES string of the molecule is Cc1ccc(OCCC2CC2)c(N)c1. The Morgan fingerprint density at radius 1 is 1.43 bits per heavy atom. The highest BCUT2D eigenvalue weighted by molar-refractivity contribution is 5.53. The summed E-state index contributed by atoms with van der Waals surface area (Å²) in [5, 5.41) is 0. The predicted molar refractivity (Wildman–Crippen MR) is 58.4 cm³/mol. The molecule has 0 atom stereocenters. The highest BCUT2D eigenvalue weighted by Gasteiger charge is 2.20. The third-order valence-electron chi connectivity index (χ3n) is 2.65. The number of nitrogen functional groups attached to an aromatic ring is 1. The molecule has 0 amide bonds. The van der Waals surface area contributed by atoms with E-state index >= 15 is 0 Å². The van der Waals surface area contributed by atoms with Gasteiger partial charge in [-0.1, -0.05) is 18.9 Å². The van der Waals surface area contributed by atoms with Crippen LogP contribution in [-0.2, 0) is 0 Å². The van der Waals surface area contributed by atoms with Crippen LogP contribution >= 0.6 is 0 Å². The fourth-order valence-corrected chi connectivity index (χ4v) is 1.54. The van der Waals surface area contributed by atoms with E-state index in [-0.39, 0.29) is 0 Å². The Bertz CT molecular complexity index is 318. The molecule has 0 radical (unpaired) electrons. The largest absolute Gasteiger partial charge is 0.491 e. The minimum absolute atomic E-state index is 0.751. The van der Waals surface area contributed by atoms with Gasteiger partial charge in [0.1, 0.15) is 5.75 Å². The lowest BCUT2D eigenvalue weighted by atomic mass is 10.2. The second-order valence-corrected chi connectivity index (χ2v) is 4.12. The van der Waals surface area contributed by atoms with Crippen molar-refractivity contribution in [2.75, 3.05) is 12.3 Å². The standard InChI is InChI=1S/C12H17NO/c1-9-2-5-12(11(13)8-9)14-7-6-10-3-4-10/h2,5,8,10H,3-4,6-7,13H2,1H3. The zero-order chi connectivity index (χ0) is 9.97. The fraction of sp³-hybridized carbons (Fsp3) is 0.500. The number of aryl methyl sites for hydroxylation is 1. The lowest BCUT2D eigenvalue weighted by Crippen LogP contribution is -2.01. The van der Waals surface area contributed by atoms with Gasteiger partial charge in [-0.05, 0) is 37.0 Å². The number of hydrogen-bond acceptors (Lipinski definition) is 2. The summed E-state index contributed by atoms with van der Waals surface area (Å²) in [6, 6.07) is 5.94. The maximum absolute atomic E-state index is 5.83. The number of rotatable bonds is 4. The number of nitrogens with two attached hydrogens (primary N) is 1. The van der Waals surface area contributed by atoms with E-state index < -0.39 is 0 Å². The van der Waals surface area contributed by atoms with Crippen molar-refractivity contribution in [1.82, 2.24) is 0 Å². The van der Waals surface area contributed by atoms with E-state index in [1.807, 2.05) is 25.1 Å². The molecule has 2 heteroatoms. The van der Waals surface area contributed by atoms with Crippen LogP contribution in [0.15, 0.2) is 18.2 Å². The van der Waals surface area contributed by atoms with Crippen LogP contribution in [0.5, 0.6) is 5.75 Å². The van der Waals surface area contributed by atoms with Gasteiger partial charge in [-0.15, -0.1) is 0 Å². The van der Waals surface area contributed by atoms with Crippen molar-refractivity contribution in [3.8, 4) is 5.75 Å². The zero-order valence-corrected chi connectivity index (χ0v) is 8.62. The van der Waals surface area contributed by atoms with Crippen LogP contribution in [0.1, 0.15) is 24.8 Å². The van der Waals surface area contributed by atoms with Crippen molar-refractivity contribution in [1.29, 1.82) is 0 Å². The molecule has 0 unspecified atom stereocenters. The molecule has 2 rings (SSSR count). The van der Waals surface area contributed by atoms with Gasteiger partial charge >= 0.3 is 0 Å². The van der Waals surface area contributed by atoms with E-state index in [4.69, 9.17) is 10.5 Å². The topological polar surface area (TPSA) is 35.2 Å². The number of anilines is 1. The first kappa shape index (κ1) is 9.38. The molecule has 0 heterocycles. The summed E-state index contributed by atoms with van der Waals surface area (Å²) in [4.78, 5) is 0. The van der Waals surface area contributed by atoms with Gasteiger partial charge in [-0.25, -0.2) is 0 Å². The van der Waals surface area contributed by atoms with Crippen LogP contribution in [-0.4, -0.2) is 6.61 Å². The van der Waals surface area contributed by atoms with Gasteiger partial charge in [-0.2, -0.15) is 0 Å². The Balaban J connectivity index is 1.87. The van der Waals surface area contributed by atoms with Crippen LogP contribution in [0.3, 0.4) is 0 Å². The maximum Gasteiger partial charge on any atom is 0.142 e. The summed E-state index contributed by atoms with van der Waals surface area (Å²) < 4.78 is 5.62. The van der Waals surface area contributed by atoms with Gasteiger partial charge in [0.25, 0.3) is 0 Å². The van der Waals surface area contributed by atoms with E-state index in [0.717, 1.165) is 24.0 Å². The lowest BCUT2D eigenvalue weighted by Gasteiger charge is -2.08. The molecule has 1 aromatic carbocycles. The van der Waals surface area contributed by atoms with Crippen molar-refractivity contribution in [2.24, 2.45) is 5.92 Å². The average molecular weight is 191 g/mol. The zero-order valence-electron chi connectivity index (χ0n) is 8.62. The Kier molecular flexibility index (Phi) is 2.62. The lowest BCUT2D eigenvalue weighted by molar-refractivity contribution is 0.304. The normalized spacial score (nSPS) is 15.5. The monoisotopic (exact) mass is 191 g/mol. The summed E-state index contributed by atoms with van der Waals surface area (Å²) in [6.45, 7) is 2.84. The van der Waals surface area contributed by atoms with Crippen LogP contribution in [0.2, 0.25) is 0 Å². The maximum atomic E-state index is 5.83. The van der Waals surface area contributed by atoms with Crippen molar-refractivity contribution in [2.45, 2.75) is 26.2 Å². The molecule has 14 heavy (non-hydrogen) atoms. The van der Waals surface area contributed by atoms with E-state index in [1.165, 1.54) is 24.8 Å². The Hall–Kier alpha value is -1.18. The quantitative estimate of drug-likeness (QED) is 0.743. The van der Waals surface area contributed by atoms with Gasteiger partial charge < -0.3 is 10.5 Å². The second kappa shape index (κ2) is 3.91. The fourth-order valence-electron chi connectivity index (χ4n) is 1.54. The Labute approximate surface area is 85.1 Å². The number of hydrogen-bond donors (Lipinski definition) is 1. The van der Waals surface area contributed by atoms with Crippen LogP contribution in [0.25, 0.3) is 0 Å². The molecule has 1 fully saturated rings. The molecule has 76 valence electrons. The van der Waals surface area contributed by atoms with Crippen molar-refractivity contribution < 1.29 is 4.74 Å². The van der Waals surface area contributed by atoms with Gasteiger partial charge in [0.15, 0.2) is 0 Å². The molecule has 0 aromatic heterocycles. The summed E-state index contributed by atoms with van der Waals surface area (Å²) in [7, 11) is 0. The van der Waals surface area contributed by atoms with Crippen LogP contribution in [0.4, 0.5) is 5.69 Å². The molecule has 0 saturated heterocycles. The summed E-state index contributed by atoms with van der Waals surface area (Å²) >= 11 is 0. The van der Waals surface area contributed by atoms with Crippen LogP contribution < -0.4 is 10.5 Å². The molecule has 1 aromatic rings. The molecule has 2 nitrogen and oxygen atoms in total. The van der Waals surface area contributed by atoms with Crippen LogP contribution in [0, 0.1) is 12.8 Å². The molecule has 1 aliphatic carbocycles. The third-order valence-corrected chi connectivity index (χ3v) is 2.65. The highest BCUT2D eigenvalue weighted by Crippen LogP contribution is 2.32. The van der Waals surface area contributed by atoms with Crippen molar-refractivity contribution in [3.05, 3.63) is 23.8 Å². The molecule has 1 aliphatic rings. The van der Waals surface area contributed by atoms with Gasteiger partial charge in [0, 0.05) is 0 Å². The van der Waals surface area contributed by atoms with Crippen molar-refractivity contribution in [3.63, 3.8) is 0 Å². The second-order valence-electron chi connectivity index (χ2n) is 4.12. The summed E-state index contributed by atoms with van der Waals surface area (Å²) in [6.07, 6.45) is 3.94. The Morgan fingerprint density at radius 2 is 2.21 bits per heavy atom. The predicted octanol–water partition coefficient (Wildman–Crippen LogP) is 2.76. The van der Waals surface area contributed by atoms with Gasteiger partial charge in [-0.3, -0.25) is 0 Å². The minimum atomic E-state index is 0.751. The molecule has 0 spiro atoms. The first-order chi connectivity index (χ1) is 6.75. The first-order valence-corrected chi connectivity index (χ1v) is 5.24. The van der Waals surface area contributed by atoms with E-state index in [2.05, 4.69) is 0 Å². The molecule has 1 saturated carbocycles. The minimum Gasteiger partial charge on any atom is -0.491 e. The molecular weight excluding hydrogens is 174 g/mol. The van der Waals surface area contributed by atoms with Crippen molar-refractivity contribution >= 4 is 5.69 Å². The molecular formula is C12H17NO. The molecule has 2 N–H and O–H groups in total.